The number of aromatic amines is 1. The molecule has 6 heteroatoms. The van der Waals surface area contributed by atoms with E-state index in [4.69, 9.17) is 4.74 Å². The fraction of sp³-hybridized carbons (Fsp3) is 0.167. The van der Waals surface area contributed by atoms with E-state index in [9.17, 15) is 14.4 Å². The largest absolute Gasteiger partial charge is 0.483 e. The predicted molar refractivity (Wildman–Crippen MR) is 90.8 cm³/mol. The van der Waals surface area contributed by atoms with Crippen LogP contribution in [-0.4, -0.2) is 22.3 Å². The van der Waals surface area contributed by atoms with E-state index in [0.29, 0.717) is 10.4 Å². The number of aryl methyl sites for hydroxylation is 1. The summed E-state index contributed by atoms with van der Waals surface area (Å²) in [5, 5.41) is 2.75. The lowest BCUT2D eigenvalue weighted by molar-refractivity contribution is 0.0813. The second-order valence-corrected chi connectivity index (χ2v) is 5.27. The van der Waals surface area contributed by atoms with Crippen molar-refractivity contribution in [1.29, 1.82) is 0 Å². The van der Waals surface area contributed by atoms with Crippen LogP contribution in [0.4, 0.5) is 0 Å². The molecule has 0 saturated carbocycles. The SMILES string of the molecule is CCc1ccccc1OCC(=O)n1[nH]c(=O)c2ccccc2c1=O. The molecule has 1 heterocycles. The van der Waals surface area contributed by atoms with E-state index in [1.165, 1.54) is 6.07 Å². The molecule has 0 fully saturated rings. The number of carbonyl (C=O) groups is 1. The quantitative estimate of drug-likeness (QED) is 0.795. The molecule has 0 spiro atoms. The maximum absolute atomic E-state index is 12.4. The first kappa shape index (κ1) is 15.7. The van der Waals surface area contributed by atoms with Crippen LogP contribution in [-0.2, 0) is 6.42 Å². The number of fused-ring (bicyclic) bond motifs is 1. The van der Waals surface area contributed by atoms with E-state index in [1.54, 1.807) is 24.3 Å². The number of nitrogens with one attached hydrogen (secondary N) is 1. The van der Waals surface area contributed by atoms with Gasteiger partial charge in [0.25, 0.3) is 17.0 Å². The van der Waals surface area contributed by atoms with Gasteiger partial charge in [-0.3, -0.25) is 19.5 Å². The normalized spacial score (nSPS) is 10.7. The lowest BCUT2D eigenvalue weighted by Gasteiger charge is -2.10. The first-order chi connectivity index (χ1) is 11.6. The molecule has 24 heavy (non-hydrogen) atoms. The van der Waals surface area contributed by atoms with Gasteiger partial charge in [-0.2, -0.15) is 4.68 Å². The summed E-state index contributed by atoms with van der Waals surface area (Å²) < 4.78 is 6.23. The van der Waals surface area contributed by atoms with Gasteiger partial charge in [-0.1, -0.05) is 37.3 Å². The average Bonchev–Trinajstić information content (AvgIpc) is 2.63. The number of aromatic nitrogens is 2. The van der Waals surface area contributed by atoms with Gasteiger partial charge in [-0.05, 0) is 30.2 Å². The Morgan fingerprint density at radius 3 is 2.46 bits per heavy atom. The molecule has 1 aromatic heterocycles. The van der Waals surface area contributed by atoms with Gasteiger partial charge in [0.15, 0.2) is 6.61 Å². The summed E-state index contributed by atoms with van der Waals surface area (Å²) in [6.07, 6.45) is 0.761. The second-order valence-electron chi connectivity index (χ2n) is 5.27. The predicted octanol–water partition coefficient (Wildman–Crippen LogP) is 1.97. The second kappa shape index (κ2) is 6.54. The van der Waals surface area contributed by atoms with Crippen molar-refractivity contribution in [2.75, 3.05) is 6.61 Å². The number of hydrogen-bond acceptors (Lipinski definition) is 4. The van der Waals surface area contributed by atoms with Gasteiger partial charge in [-0.15, -0.1) is 0 Å². The summed E-state index contributed by atoms with van der Waals surface area (Å²) in [6, 6.07) is 13.7. The van der Waals surface area contributed by atoms with Crippen LogP contribution in [0.5, 0.6) is 5.75 Å². The van der Waals surface area contributed by atoms with Crippen molar-refractivity contribution in [3.63, 3.8) is 0 Å². The number of rotatable bonds is 4. The van der Waals surface area contributed by atoms with Crippen molar-refractivity contribution in [3.8, 4) is 5.75 Å². The summed E-state index contributed by atoms with van der Waals surface area (Å²) in [7, 11) is 0. The third kappa shape index (κ3) is 2.86. The van der Waals surface area contributed by atoms with Crippen molar-refractivity contribution in [2.24, 2.45) is 0 Å². The lowest BCUT2D eigenvalue weighted by atomic mass is 10.1. The molecule has 0 amide bonds. The van der Waals surface area contributed by atoms with Gasteiger partial charge >= 0.3 is 0 Å². The first-order valence-electron chi connectivity index (χ1n) is 7.59. The molecule has 6 nitrogen and oxygen atoms in total. The molecule has 0 unspecified atom stereocenters. The molecule has 0 aliphatic rings. The molecule has 122 valence electrons. The third-order valence-corrected chi connectivity index (χ3v) is 3.77. The molecular formula is C18H16N2O4. The standard InChI is InChI=1S/C18H16N2O4/c1-2-12-7-3-6-10-15(12)24-11-16(21)20-18(23)14-9-5-4-8-13(14)17(22)19-20/h3-10H,2,11H2,1H3,(H,19,22). The maximum atomic E-state index is 12.4. The van der Waals surface area contributed by atoms with Crippen LogP contribution in [0.25, 0.3) is 10.8 Å². The maximum Gasteiger partial charge on any atom is 0.286 e. The van der Waals surface area contributed by atoms with Gasteiger partial charge in [0, 0.05) is 0 Å². The minimum Gasteiger partial charge on any atom is -0.483 e. The molecule has 0 radical (unpaired) electrons. The lowest BCUT2D eigenvalue weighted by Crippen LogP contribution is -2.37. The molecule has 0 bridgehead atoms. The van der Waals surface area contributed by atoms with Crippen molar-refractivity contribution in [3.05, 3.63) is 74.8 Å². The summed E-state index contributed by atoms with van der Waals surface area (Å²) in [4.78, 5) is 36.7. The van der Waals surface area contributed by atoms with Crippen molar-refractivity contribution in [2.45, 2.75) is 13.3 Å². The Labute approximate surface area is 137 Å². The average molecular weight is 324 g/mol. The fourth-order valence-corrected chi connectivity index (χ4v) is 2.52. The summed E-state index contributed by atoms with van der Waals surface area (Å²) in [6.45, 7) is 1.64. The molecule has 1 N–H and O–H groups in total. The zero-order chi connectivity index (χ0) is 17.1. The minimum absolute atomic E-state index is 0.198. The number of H-pyrrole nitrogens is 1. The Kier molecular flexibility index (Phi) is 4.29. The Hall–Kier alpha value is -3.15. The molecule has 0 aliphatic carbocycles. The van der Waals surface area contributed by atoms with Crippen LogP contribution in [0.1, 0.15) is 17.3 Å². The highest BCUT2D eigenvalue weighted by atomic mass is 16.5. The van der Waals surface area contributed by atoms with Crippen molar-refractivity contribution < 1.29 is 9.53 Å². The summed E-state index contributed by atoms with van der Waals surface area (Å²) in [5.41, 5.74) is -0.0975. The van der Waals surface area contributed by atoms with Crippen LogP contribution >= 0.6 is 0 Å². The van der Waals surface area contributed by atoms with E-state index in [0.717, 1.165) is 12.0 Å². The number of para-hydroxylation sites is 1. The van der Waals surface area contributed by atoms with E-state index in [1.807, 2.05) is 25.1 Å². The first-order valence-corrected chi connectivity index (χ1v) is 7.59. The van der Waals surface area contributed by atoms with E-state index in [2.05, 4.69) is 5.10 Å². The number of hydrogen-bond donors (Lipinski definition) is 1. The third-order valence-electron chi connectivity index (χ3n) is 3.77. The topological polar surface area (TPSA) is 81.2 Å². The van der Waals surface area contributed by atoms with E-state index < -0.39 is 17.0 Å². The fourth-order valence-electron chi connectivity index (χ4n) is 2.52. The Morgan fingerprint density at radius 2 is 1.71 bits per heavy atom. The minimum atomic E-state index is -0.631. The van der Waals surface area contributed by atoms with E-state index in [-0.39, 0.29) is 17.4 Å². The van der Waals surface area contributed by atoms with Gasteiger partial charge in [0.05, 0.1) is 10.8 Å². The zero-order valence-electron chi connectivity index (χ0n) is 13.1. The van der Waals surface area contributed by atoms with Gasteiger partial charge < -0.3 is 4.74 Å². The molecular weight excluding hydrogens is 308 g/mol. The number of ether oxygens (including phenoxy) is 1. The Bertz CT molecular complexity index is 1020. The smallest absolute Gasteiger partial charge is 0.286 e. The Morgan fingerprint density at radius 1 is 1.04 bits per heavy atom. The summed E-state index contributed by atoms with van der Waals surface area (Å²) in [5.74, 6) is -0.0432. The highest BCUT2D eigenvalue weighted by Gasteiger charge is 2.14. The number of benzene rings is 2. The molecule has 3 rings (SSSR count). The number of nitrogens with zero attached hydrogens (tertiary/aromatic N) is 1. The monoisotopic (exact) mass is 324 g/mol. The van der Waals surface area contributed by atoms with Crippen LogP contribution in [0.15, 0.2) is 58.1 Å². The molecule has 3 aromatic rings. The molecule has 0 saturated heterocycles. The van der Waals surface area contributed by atoms with Gasteiger partial charge in [0.2, 0.25) is 0 Å². The highest BCUT2D eigenvalue weighted by Crippen LogP contribution is 2.18. The van der Waals surface area contributed by atoms with Gasteiger partial charge in [0.1, 0.15) is 5.75 Å². The van der Waals surface area contributed by atoms with Crippen LogP contribution in [0.2, 0.25) is 0 Å². The van der Waals surface area contributed by atoms with E-state index >= 15 is 0 Å². The van der Waals surface area contributed by atoms with Crippen LogP contribution < -0.4 is 15.9 Å². The zero-order valence-corrected chi connectivity index (χ0v) is 13.1. The molecule has 0 aliphatic heterocycles. The highest BCUT2D eigenvalue weighted by molar-refractivity contribution is 5.85. The Balaban J connectivity index is 1.91. The van der Waals surface area contributed by atoms with Gasteiger partial charge in [-0.25, -0.2) is 0 Å². The van der Waals surface area contributed by atoms with Crippen molar-refractivity contribution in [1.82, 2.24) is 9.78 Å². The molecule has 0 atom stereocenters. The van der Waals surface area contributed by atoms with Crippen molar-refractivity contribution >= 4 is 16.7 Å². The van der Waals surface area contributed by atoms with Crippen LogP contribution in [0, 0.1) is 0 Å². The summed E-state index contributed by atoms with van der Waals surface area (Å²) >= 11 is 0. The molecule has 2 aromatic carbocycles. The number of carbonyl (C=O) groups excluding carboxylic acids is 1. The van der Waals surface area contributed by atoms with Crippen LogP contribution in [0.3, 0.4) is 0 Å².